The van der Waals surface area contributed by atoms with Gasteiger partial charge in [0.15, 0.2) is 5.65 Å². The zero-order chi connectivity index (χ0) is 16.5. The summed E-state index contributed by atoms with van der Waals surface area (Å²) in [6.45, 7) is 4.17. The van der Waals surface area contributed by atoms with Crippen molar-refractivity contribution in [3.63, 3.8) is 0 Å². The number of aromatic nitrogens is 3. The number of rotatable bonds is 3. The van der Waals surface area contributed by atoms with E-state index in [1.165, 1.54) is 32.1 Å². The van der Waals surface area contributed by atoms with Gasteiger partial charge in [-0.05, 0) is 26.7 Å². The minimum Gasteiger partial charge on any atom is -0.367 e. The van der Waals surface area contributed by atoms with Gasteiger partial charge in [0.05, 0.1) is 5.69 Å². The fraction of sp³-hybridized carbons (Fsp3) is 0.400. The summed E-state index contributed by atoms with van der Waals surface area (Å²) in [5.41, 5.74) is 5.27. The molecule has 0 radical (unpaired) electrons. The van der Waals surface area contributed by atoms with E-state index in [0.29, 0.717) is 6.04 Å². The summed E-state index contributed by atoms with van der Waals surface area (Å²) in [7, 11) is 0. The number of fused-ring (bicyclic) bond motifs is 1. The highest BCUT2D eigenvalue weighted by Gasteiger charge is 2.18. The molecule has 4 heteroatoms. The molecule has 1 aromatic carbocycles. The largest absolute Gasteiger partial charge is 0.367 e. The highest BCUT2D eigenvalue weighted by atomic mass is 15.3. The van der Waals surface area contributed by atoms with Crippen LogP contribution in [0, 0.1) is 13.8 Å². The molecule has 0 atom stereocenters. The third kappa shape index (κ3) is 2.77. The van der Waals surface area contributed by atoms with Crippen molar-refractivity contribution < 1.29 is 0 Å². The van der Waals surface area contributed by atoms with Crippen LogP contribution in [0.15, 0.2) is 36.4 Å². The molecule has 3 aromatic rings. The first-order valence-electron chi connectivity index (χ1n) is 8.91. The van der Waals surface area contributed by atoms with E-state index in [1.54, 1.807) is 0 Å². The van der Waals surface area contributed by atoms with Crippen molar-refractivity contribution in [3.05, 3.63) is 47.7 Å². The van der Waals surface area contributed by atoms with Crippen molar-refractivity contribution >= 4 is 11.5 Å². The third-order valence-corrected chi connectivity index (χ3v) is 4.95. The van der Waals surface area contributed by atoms with Crippen LogP contribution in [0.3, 0.4) is 0 Å². The summed E-state index contributed by atoms with van der Waals surface area (Å²) in [5.74, 6) is 1.06. The quantitative estimate of drug-likeness (QED) is 0.756. The molecule has 1 fully saturated rings. The number of hydrogen-bond donors (Lipinski definition) is 1. The number of hydrogen-bond acceptors (Lipinski definition) is 3. The maximum Gasteiger partial charge on any atom is 0.161 e. The van der Waals surface area contributed by atoms with Crippen LogP contribution in [0.25, 0.3) is 16.9 Å². The van der Waals surface area contributed by atoms with Crippen molar-refractivity contribution in [1.29, 1.82) is 0 Å². The number of nitrogens with zero attached hydrogens (tertiary/aromatic N) is 3. The first-order valence-corrected chi connectivity index (χ1v) is 8.91. The molecule has 0 bridgehead atoms. The van der Waals surface area contributed by atoms with Gasteiger partial charge in [-0.15, -0.1) is 0 Å². The molecule has 4 nitrogen and oxygen atoms in total. The Hall–Kier alpha value is -2.36. The molecule has 1 aliphatic carbocycles. The third-order valence-electron chi connectivity index (χ3n) is 4.95. The second-order valence-electron chi connectivity index (χ2n) is 6.84. The Balaban J connectivity index is 1.79. The lowest BCUT2D eigenvalue weighted by molar-refractivity contribution is 0.461. The van der Waals surface area contributed by atoms with Crippen LogP contribution in [0.2, 0.25) is 0 Å². The van der Waals surface area contributed by atoms with E-state index >= 15 is 0 Å². The van der Waals surface area contributed by atoms with Gasteiger partial charge in [-0.3, -0.25) is 0 Å². The molecular weight excluding hydrogens is 296 g/mol. The normalized spacial score (nSPS) is 15.8. The summed E-state index contributed by atoms with van der Waals surface area (Å²) in [5, 5.41) is 8.60. The predicted octanol–water partition coefficient (Wildman–Crippen LogP) is 4.76. The first kappa shape index (κ1) is 15.2. The molecule has 4 rings (SSSR count). The SMILES string of the molecule is Cc1cc(NC2CCCCC2)n2nc(-c3ccccc3)c(C)c2n1. The molecule has 1 saturated carbocycles. The Morgan fingerprint density at radius 3 is 2.54 bits per heavy atom. The zero-order valence-corrected chi connectivity index (χ0v) is 14.4. The average Bonchev–Trinajstić information content (AvgIpc) is 2.94. The number of anilines is 1. The minimum absolute atomic E-state index is 0.549. The van der Waals surface area contributed by atoms with E-state index in [1.807, 2.05) is 10.6 Å². The van der Waals surface area contributed by atoms with Gasteiger partial charge in [-0.2, -0.15) is 9.61 Å². The lowest BCUT2D eigenvalue weighted by Gasteiger charge is -2.24. The predicted molar refractivity (Wildman–Crippen MR) is 98.4 cm³/mol. The second-order valence-corrected chi connectivity index (χ2v) is 6.84. The molecule has 0 saturated heterocycles. The zero-order valence-electron chi connectivity index (χ0n) is 14.4. The van der Waals surface area contributed by atoms with Crippen molar-refractivity contribution in [2.24, 2.45) is 0 Å². The molecular formula is C20H24N4. The smallest absolute Gasteiger partial charge is 0.161 e. The van der Waals surface area contributed by atoms with E-state index in [9.17, 15) is 0 Å². The number of nitrogens with one attached hydrogen (secondary N) is 1. The molecule has 124 valence electrons. The average molecular weight is 320 g/mol. The summed E-state index contributed by atoms with van der Waals surface area (Å²) in [6.07, 6.45) is 6.49. The monoisotopic (exact) mass is 320 g/mol. The second kappa shape index (κ2) is 6.27. The lowest BCUT2D eigenvalue weighted by Crippen LogP contribution is -2.24. The molecule has 2 heterocycles. The van der Waals surface area contributed by atoms with Gasteiger partial charge in [-0.25, -0.2) is 4.98 Å². The van der Waals surface area contributed by atoms with E-state index in [2.05, 4.69) is 49.5 Å². The van der Waals surface area contributed by atoms with Crippen LogP contribution in [0.4, 0.5) is 5.82 Å². The van der Waals surface area contributed by atoms with Crippen LogP contribution in [0.5, 0.6) is 0 Å². The van der Waals surface area contributed by atoms with E-state index < -0.39 is 0 Å². The molecule has 0 amide bonds. The van der Waals surface area contributed by atoms with Crippen molar-refractivity contribution in [2.75, 3.05) is 5.32 Å². The van der Waals surface area contributed by atoms with Crippen molar-refractivity contribution in [1.82, 2.24) is 14.6 Å². The van der Waals surface area contributed by atoms with Gasteiger partial charge in [0.25, 0.3) is 0 Å². The van der Waals surface area contributed by atoms with Crippen molar-refractivity contribution in [3.8, 4) is 11.3 Å². The minimum atomic E-state index is 0.549. The fourth-order valence-corrected chi connectivity index (χ4v) is 3.67. The Labute approximate surface area is 142 Å². The summed E-state index contributed by atoms with van der Waals surface area (Å²) >= 11 is 0. The van der Waals surface area contributed by atoms with E-state index in [0.717, 1.165) is 34.0 Å². The summed E-state index contributed by atoms with van der Waals surface area (Å²) in [6, 6.07) is 13.0. The van der Waals surface area contributed by atoms with Gasteiger partial charge in [-0.1, -0.05) is 49.6 Å². The Morgan fingerprint density at radius 2 is 1.79 bits per heavy atom. The standard InChI is InChI=1S/C20H24N4/c1-14-13-18(22-17-11-7-4-8-12-17)24-20(21-14)15(2)19(23-24)16-9-5-3-6-10-16/h3,5-6,9-10,13,17,22H,4,7-8,11-12H2,1-2H3. The van der Waals surface area contributed by atoms with Gasteiger partial charge in [0, 0.05) is 28.9 Å². The molecule has 0 unspecified atom stereocenters. The van der Waals surface area contributed by atoms with Crippen LogP contribution in [-0.4, -0.2) is 20.6 Å². The highest BCUT2D eigenvalue weighted by Crippen LogP contribution is 2.28. The van der Waals surface area contributed by atoms with Gasteiger partial charge >= 0.3 is 0 Å². The highest BCUT2D eigenvalue weighted by molar-refractivity contribution is 5.71. The first-order chi connectivity index (χ1) is 11.7. The van der Waals surface area contributed by atoms with Gasteiger partial charge in [0.2, 0.25) is 0 Å². The Bertz CT molecular complexity index is 845. The van der Waals surface area contributed by atoms with Crippen LogP contribution < -0.4 is 5.32 Å². The van der Waals surface area contributed by atoms with E-state index in [-0.39, 0.29) is 0 Å². The lowest BCUT2D eigenvalue weighted by atomic mass is 9.95. The van der Waals surface area contributed by atoms with Gasteiger partial charge < -0.3 is 5.32 Å². The molecule has 0 aliphatic heterocycles. The Kier molecular flexibility index (Phi) is 3.97. The maximum atomic E-state index is 4.88. The number of benzene rings is 1. The van der Waals surface area contributed by atoms with Crippen LogP contribution in [0.1, 0.15) is 43.4 Å². The molecule has 2 aromatic heterocycles. The van der Waals surface area contributed by atoms with Crippen LogP contribution >= 0.6 is 0 Å². The summed E-state index contributed by atoms with van der Waals surface area (Å²) < 4.78 is 1.99. The van der Waals surface area contributed by atoms with E-state index in [4.69, 9.17) is 10.1 Å². The maximum absolute atomic E-state index is 4.88. The summed E-state index contributed by atoms with van der Waals surface area (Å²) in [4.78, 5) is 4.74. The molecule has 0 spiro atoms. The molecule has 1 aliphatic rings. The Morgan fingerprint density at radius 1 is 1.04 bits per heavy atom. The van der Waals surface area contributed by atoms with Crippen LogP contribution in [-0.2, 0) is 0 Å². The van der Waals surface area contributed by atoms with Gasteiger partial charge in [0.1, 0.15) is 5.82 Å². The fourth-order valence-electron chi connectivity index (χ4n) is 3.67. The topological polar surface area (TPSA) is 42.2 Å². The molecule has 24 heavy (non-hydrogen) atoms. The molecule has 1 N–H and O–H groups in total. The van der Waals surface area contributed by atoms with Crippen molar-refractivity contribution in [2.45, 2.75) is 52.0 Å². The number of aryl methyl sites for hydroxylation is 2.